The third-order valence-corrected chi connectivity index (χ3v) is 3.85. The molecule has 1 amide bonds. The average Bonchev–Trinajstić information content (AvgIpc) is 2.49. The van der Waals surface area contributed by atoms with E-state index in [9.17, 15) is 9.90 Å². The second-order valence-electron chi connectivity index (χ2n) is 5.45. The van der Waals surface area contributed by atoms with Crippen molar-refractivity contribution in [2.75, 3.05) is 18.5 Å². The molecule has 1 fully saturated rings. The third-order valence-electron chi connectivity index (χ3n) is 3.85. The highest BCUT2D eigenvalue weighted by atomic mass is 16.5. The van der Waals surface area contributed by atoms with E-state index in [1.165, 1.54) is 0 Å². The number of carbonyl (C=O) groups excluding carboxylic acids is 1. The fraction of sp³-hybridized carbons (Fsp3) is 0.562. The number of aliphatic hydroxyl groups excluding tert-OH is 1. The van der Waals surface area contributed by atoms with Crippen molar-refractivity contribution >= 4 is 11.6 Å². The van der Waals surface area contributed by atoms with Crippen LogP contribution in [0.4, 0.5) is 5.69 Å². The number of amides is 1. The van der Waals surface area contributed by atoms with E-state index in [0.717, 1.165) is 19.4 Å². The number of nitrogens with one attached hydrogen (secondary N) is 2. The van der Waals surface area contributed by atoms with Crippen molar-refractivity contribution in [3.8, 4) is 5.75 Å². The molecule has 2 atom stereocenters. The quantitative estimate of drug-likeness (QED) is 0.775. The summed E-state index contributed by atoms with van der Waals surface area (Å²) in [5.41, 5.74) is 1.37. The zero-order valence-electron chi connectivity index (χ0n) is 12.7. The van der Waals surface area contributed by atoms with E-state index >= 15 is 0 Å². The number of carbonyl (C=O) groups is 1. The minimum atomic E-state index is -0.150. The van der Waals surface area contributed by atoms with Crippen molar-refractivity contribution in [1.82, 2.24) is 5.32 Å². The molecule has 0 radical (unpaired) electrons. The Hall–Kier alpha value is -1.59. The third kappa shape index (κ3) is 3.95. The summed E-state index contributed by atoms with van der Waals surface area (Å²) in [6.07, 6.45) is 2.18. The van der Waals surface area contributed by atoms with Crippen LogP contribution in [0, 0.1) is 5.92 Å². The van der Waals surface area contributed by atoms with E-state index in [0.29, 0.717) is 29.5 Å². The molecule has 0 spiro atoms. The molecule has 0 bridgehead atoms. The summed E-state index contributed by atoms with van der Waals surface area (Å²) in [6.45, 7) is 5.30. The first-order valence-corrected chi connectivity index (χ1v) is 7.56. The van der Waals surface area contributed by atoms with Gasteiger partial charge in [0.05, 0.1) is 19.3 Å². The Bertz CT molecular complexity index is 490. The molecule has 1 saturated heterocycles. The summed E-state index contributed by atoms with van der Waals surface area (Å²) in [7, 11) is 0. The predicted molar refractivity (Wildman–Crippen MR) is 82.4 cm³/mol. The fourth-order valence-electron chi connectivity index (χ4n) is 2.70. The minimum Gasteiger partial charge on any atom is -0.494 e. The number of benzene rings is 1. The molecule has 1 aromatic rings. The summed E-state index contributed by atoms with van der Waals surface area (Å²) in [6, 6.07) is 5.19. The standard InChI is InChI=1S/C16H24N2O3/c1-3-21-14-7-6-13(9-12(14)10-19)18-16(20)15-11(2)5-4-8-17-15/h6-7,9,11,15,17,19H,3-5,8,10H2,1-2H3,(H,18,20). The van der Waals surface area contributed by atoms with Gasteiger partial charge in [0.15, 0.2) is 0 Å². The molecule has 116 valence electrons. The molecular formula is C16H24N2O3. The zero-order chi connectivity index (χ0) is 15.2. The molecule has 3 N–H and O–H groups in total. The van der Waals surface area contributed by atoms with Crippen molar-refractivity contribution in [2.45, 2.75) is 39.3 Å². The number of aliphatic hydroxyl groups is 1. The second kappa shape index (κ2) is 7.43. The Balaban J connectivity index is 2.06. The Morgan fingerprint density at radius 2 is 2.33 bits per heavy atom. The van der Waals surface area contributed by atoms with Crippen LogP contribution in [0.15, 0.2) is 18.2 Å². The Morgan fingerprint density at radius 3 is 3.00 bits per heavy atom. The van der Waals surface area contributed by atoms with Crippen molar-refractivity contribution < 1.29 is 14.6 Å². The second-order valence-corrected chi connectivity index (χ2v) is 5.45. The van der Waals surface area contributed by atoms with Crippen LogP contribution in [0.1, 0.15) is 32.3 Å². The molecular weight excluding hydrogens is 268 g/mol. The van der Waals surface area contributed by atoms with E-state index in [2.05, 4.69) is 17.6 Å². The summed E-state index contributed by atoms with van der Waals surface area (Å²) < 4.78 is 5.44. The number of hydrogen-bond donors (Lipinski definition) is 3. The lowest BCUT2D eigenvalue weighted by molar-refractivity contribution is -0.119. The molecule has 0 saturated carbocycles. The van der Waals surface area contributed by atoms with Crippen LogP contribution in [0.3, 0.4) is 0 Å². The maximum absolute atomic E-state index is 12.3. The van der Waals surface area contributed by atoms with Crippen LogP contribution in [0.25, 0.3) is 0 Å². The molecule has 0 aromatic heterocycles. The highest BCUT2D eigenvalue weighted by Gasteiger charge is 2.27. The SMILES string of the molecule is CCOc1ccc(NC(=O)C2NCCCC2C)cc1CO. The number of hydrogen-bond acceptors (Lipinski definition) is 4. The van der Waals surface area contributed by atoms with Crippen LogP contribution in [0.5, 0.6) is 5.75 Å². The minimum absolute atomic E-state index is 0.0183. The van der Waals surface area contributed by atoms with Crippen LogP contribution in [-0.4, -0.2) is 30.2 Å². The Morgan fingerprint density at radius 1 is 1.52 bits per heavy atom. The molecule has 1 aliphatic rings. The lowest BCUT2D eigenvalue weighted by Crippen LogP contribution is -2.48. The highest BCUT2D eigenvalue weighted by molar-refractivity contribution is 5.95. The van der Waals surface area contributed by atoms with Gasteiger partial charge in [0.1, 0.15) is 5.75 Å². The normalized spacial score (nSPS) is 21.9. The van der Waals surface area contributed by atoms with Gasteiger partial charge in [-0.2, -0.15) is 0 Å². The van der Waals surface area contributed by atoms with Crippen molar-refractivity contribution in [3.05, 3.63) is 23.8 Å². The van der Waals surface area contributed by atoms with Gasteiger partial charge in [-0.25, -0.2) is 0 Å². The van der Waals surface area contributed by atoms with Crippen LogP contribution in [-0.2, 0) is 11.4 Å². The van der Waals surface area contributed by atoms with Gasteiger partial charge in [-0.3, -0.25) is 4.79 Å². The van der Waals surface area contributed by atoms with Crippen LogP contribution < -0.4 is 15.4 Å². The number of piperidine rings is 1. The van der Waals surface area contributed by atoms with Crippen LogP contribution in [0.2, 0.25) is 0 Å². The first-order chi connectivity index (χ1) is 10.2. The van der Waals surface area contributed by atoms with Gasteiger partial charge >= 0.3 is 0 Å². The van der Waals surface area contributed by atoms with E-state index < -0.39 is 0 Å². The molecule has 0 aliphatic carbocycles. The average molecular weight is 292 g/mol. The van der Waals surface area contributed by atoms with E-state index in [-0.39, 0.29) is 18.6 Å². The maximum atomic E-state index is 12.3. The largest absolute Gasteiger partial charge is 0.494 e. The lowest BCUT2D eigenvalue weighted by atomic mass is 9.92. The van der Waals surface area contributed by atoms with Crippen LogP contribution >= 0.6 is 0 Å². The number of anilines is 1. The number of rotatable bonds is 5. The smallest absolute Gasteiger partial charge is 0.241 e. The van der Waals surface area contributed by atoms with E-state index in [1.807, 2.05) is 6.92 Å². The molecule has 2 rings (SSSR count). The fourth-order valence-corrected chi connectivity index (χ4v) is 2.70. The zero-order valence-corrected chi connectivity index (χ0v) is 12.7. The topological polar surface area (TPSA) is 70.6 Å². The van der Waals surface area contributed by atoms with Gasteiger partial charge in [0, 0.05) is 11.3 Å². The summed E-state index contributed by atoms with van der Waals surface area (Å²) in [5, 5.41) is 15.6. The maximum Gasteiger partial charge on any atom is 0.241 e. The molecule has 1 aliphatic heterocycles. The predicted octanol–water partition coefficient (Wildman–Crippen LogP) is 1.90. The lowest BCUT2D eigenvalue weighted by Gasteiger charge is -2.29. The molecule has 5 nitrogen and oxygen atoms in total. The molecule has 1 heterocycles. The van der Waals surface area contributed by atoms with Gasteiger partial charge in [-0.05, 0) is 50.4 Å². The Kier molecular flexibility index (Phi) is 5.59. The van der Waals surface area contributed by atoms with Gasteiger partial charge in [-0.1, -0.05) is 6.92 Å². The Labute approximate surface area is 125 Å². The van der Waals surface area contributed by atoms with Crippen molar-refractivity contribution in [2.24, 2.45) is 5.92 Å². The van der Waals surface area contributed by atoms with Gasteiger partial charge < -0.3 is 20.5 Å². The van der Waals surface area contributed by atoms with Crippen molar-refractivity contribution in [1.29, 1.82) is 0 Å². The summed E-state index contributed by atoms with van der Waals surface area (Å²) >= 11 is 0. The first-order valence-electron chi connectivity index (χ1n) is 7.56. The monoisotopic (exact) mass is 292 g/mol. The first kappa shape index (κ1) is 15.8. The summed E-state index contributed by atoms with van der Waals surface area (Å²) in [5.74, 6) is 0.969. The van der Waals surface area contributed by atoms with E-state index in [1.54, 1.807) is 18.2 Å². The van der Waals surface area contributed by atoms with Gasteiger partial charge in [-0.15, -0.1) is 0 Å². The van der Waals surface area contributed by atoms with Crippen molar-refractivity contribution in [3.63, 3.8) is 0 Å². The summed E-state index contributed by atoms with van der Waals surface area (Å²) in [4.78, 5) is 12.3. The molecule has 2 unspecified atom stereocenters. The van der Waals surface area contributed by atoms with E-state index in [4.69, 9.17) is 4.74 Å². The number of ether oxygens (including phenoxy) is 1. The van der Waals surface area contributed by atoms with Gasteiger partial charge in [0.25, 0.3) is 0 Å². The molecule has 1 aromatic carbocycles. The highest BCUT2D eigenvalue weighted by Crippen LogP contribution is 2.24. The molecule has 21 heavy (non-hydrogen) atoms. The molecule has 5 heteroatoms. The van der Waals surface area contributed by atoms with Gasteiger partial charge in [0.2, 0.25) is 5.91 Å².